The van der Waals surface area contributed by atoms with Crippen molar-refractivity contribution in [2.75, 3.05) is 6.61 Å². The highest BCUT2D eigenvalue weighted by Crippen LogP contribution is 2.26. The number of ether oxygens (including phenoxy) is 1. The first-order chi connectivity index (χ1) is 7.29. The van der Waals surface area contributed by atoms with Crippen molar-refractivity contribution in [3.05, 3.63) is 22.8 Å². The van der Waals surface area contributed by atoms with Crippen molar-refractivity contribution in [1.29, 1.82) is 0 Å². The number of hydrogen-bond acceptors (Lipinski definition) is 2. The predicted molar refractivity (Wildman–Crippen MR) is 56.1 cm³/mol. The van der Waals surface area contributed by atoms with E-state index in [-0.39, 0.29) is 11.1 Å². The molecule has 16 heavy (non-hydrogen) atoms. The average Bonchev–Trinajstić information content (AvgIpc) is 2.14. The highest BCUT2D eigenvalue weighted by atomic mass is 35.5. The van der Waals surface area contributed by atoms with Crippen LogP contribution in [0.1, 0.15) is 13.3 Å². The summed E-state index contributed by atoms with van der Waals surface area (Å²) >= 11 is 5.82. The normalized spacial score (nSPS) is 23.8. The lowest BCUT2D eigenvalue weighted by Gasteiger charge is -2.22. The molecule has 0 heterocycles. The van der Waals surface area contributed by atoms with E-state index in [4.69, 9.17) is 17.3 Å². The van der Waals surface area contributed by atoms with E-state index in [2.05, 4.69) is 4.74 Å². The molecule has 0 spiro atoms. The molecule has 0 fully saturated rings. The van der Waals surface area contributed by atoms with Crippen LogP contribution in [-0.4, -0.2) is 24.9 Å². The number of alkyl halides is 3. The zero-order chi connectivity index (χ0) is 12.3. The van der Waals surface area contributed by atoms with E-state index >= 15 is 0 Å². The number of hydrogen-bond donors (Lipinski definition) is 1. The fourth-order valence-corrected chi connectivity index (χ4v) is 1.60. The predicted octanol–water partition coefficient (Wildman–Crippen LogP) is 2.73. The van der Waals surface area contributed by atoms with E-state index in [1.165, 1.54) is 0 Å². The summed E-state index contributed by atoms with van der Waals surface area (Å²) in [5, 5.41) is 0.263. The van der Waals surface area contributed by atoms with Crippen LogP contribution in [-0.2, 0) is 4.74 Å². The molecule has 0 bridgehead atoms. The molecule has 92 valence electrons. The molecule has 1 aliphatic rings. The molecule has 2 atom stereocenters. The molecule has 0 aromatic heterocycles. The summed E-state index contributed by atoms with van der Waals surface area (Å²) in [5.41, 5.74) is 6.44. The fourth-order valence-electron chi connectivity index (χ4n) is 1.33. The van der Waals surface area contributed by atoms with Crippen LogP contribution in [0.4, 0.5) is 13.2 Å². The van der Waals surface area contributed by atoms with Crippen molar-refractivity contribution in [3.63, 3.8) is 0 Å². The Morgan fingerprint density at radius 3 is 2.69 bits per heavy atom. The summed E-state index contributed by atoms with van der Waals surface area (Å²) in [6.07, 6.45) is -1.41. The van der Waals surface area contributed by atoms with E-state index in [0.717, 1.165) is 5.57 Å². The van der Waals surface area contributed by atoms with Crippen molar-refractivity contribution in [2.45, 2.75) is 31.7 Å². The molecule has 0 aromatic rings. The van der Waals surface area contributed by atoms with E-state index in [0.29, 0.717) is 6.42 Å². The molecule has 0 aromatic carbocycles. The third-order valence-corrected chi connectivity index (χ3v) is 2.51. The van der Waals surface area contributed by atoms with Gasteiger partial charge in [-0.3, -0.25) is 0 Å². The molecule has 0 radical (unpaired) electrons. The maximum atomic E-state index is 11.9. The van der Waals surface area contributed by atoms with Gasteiger partial charge in [0.25, 0.3) is 0 Å². The van der Waals surface area contributed by atoms with Crippen molar-refractivity contribution < 1.29 is 17.9 Å². The molecule has 6 heteroatoms. The van der Waals surface area contributed by atoms with Crippen LogP contribution >= 0.6 is 11.6 Å². The summed E-state index contributed by atoms with van der Waals surface area (Å²) < 4.78 is 40.4. The summed E-state index contributed by atoms with van der Waals surface area (Å²) in [6.45, 7) is 0.493. The Balaban J connectivity index is 2.54. The Hall–Kier alpha value is -0.520. The molecular formula is C10H13ClF3NO. The molecule has 1 rings (SSSR count). The van der Waals surface area contributed by atoms with Gasteiger partial charge in [0.15, 0.2) is 0 Å². The van der Waals surface area contributed by atoms with Crippen molar-refractivity contribution in [2.24, 2.45) is 5.73 Å². The lowest BCUT2D eigenvalue weighted by atomic mass is 10.00. The second-order valence-corrected chi connectivity index (χ2v) is 4.11. The molecule has 1 aliphatic carbocycles. The highest BCUT2D eigenvalue weighted by molar-refractivity contribution is 6.30. The van der Waals surface area contributed by atoms with E-state index < -0.39 is 18.9 Å². The van der Waals surface area contributed by atoms with Gasteiger partial charge in [-0.2, -0.15) is 13.2 Å². The first-order valence-electron chi connectivity index (χ1n) is 4.80. The summed E-state index contributed by atoms with van der Waals surface area (Å²) in [7, 11) is 0. The van der Waals surface area contributed by atoms with E-state index in [9.17, 15) is 13.2 Å². The number of halogens is 4. The summed E-state index contributed by atoms with van der Waals surface area (Å²) in [6, 6.07) is -0.183. The Morgan fingerprint density at radius 1 is 1.62 bits per heavy atom. The van der Waals surface area contributed by atoms with E-state index in [1.54, 1.807) is 19.1 Å². The van der Waals surface area contributed by atoms with Crippen LogP contribution in [0.25, 0.3) is 0 Å². The Bertz CT molecular complexity index is 310. The lowest BCUT2D eigenvalue weighted by molar-refractivity contribution is -0.181. The minimum atomic E-state index is -4.33. The van der Waals surface area contributed by atoms with Crippen LogP contribution in [0, 0.1) is 0 Å². The second kappa shape index (κ2) is 5.21. The minimum Gasteiger partial charge on any atom is -0.363 e. The van der Waals surface area contributed by atoms with Crippen LogP contribution in [0.2, 0.25) is 0 Å². The topological polar surface area (TPSA) is 35.2 Å². The van der Waals surface area contributed by atoms with Crippen molar-refractivity contribution >= 4 is 11.6 Å². The molecular weight excluding hydrogens is 243 g/mol. The average molecular weight is 256 g/mol. The van der Waals surface area contributed by atoms with Crippen LogP contribution < -0.4 is 5.73 Å². The third-order valence-electron chi connectivity index (χ3n) is 2.15. The zero-order valence-corrected chi connectivity index (χ0v) is 9.48. The largest absolute Gasteiger partial charge is 0.411 e. The van der Waals surface area contributed by atoms with Crippen molar-refractivity contribution in [3.8, 4) is 0 Å². The van der Waals surface area contributed by atoms with Gasteiger partial charge in [0.2, 0.25) is 0 Å². The van der Waals surface area contributed by atoms with Gasteiger partial charge in [-0.05, 0) is 25.0 Å². The fraction of sp³-hybridized carbons (Fsp3) is 0.600. The number of rotatable bonds is 3. The smallest absolute Gasteiger partial charge is 0.363 e. The van der Waals surface area contributed by atoms with Gasteiger partial charge in [0, 0.05) is 11.1 Å². The van der Waals surface area contributed by atoms with Gasteiger partial charge in [0.05, 0.1) is 6.10 Å². The monoisotopic (exact) mass is 255 g/mol. The minimum absolute atomic E-state index is 0.183. The maximum Gasteiger partial charge on any atom is 0.411 e. The van der Waals surface area contributed by atoms with Gasteiger partial charge < -0.3 is 10.5 Å². The summed E-state index contributed by atoms with van der Waals surface area (Å²) in [4.78, 5) is 0. The van der Waals surface area contributed by atoms with Gasteiger partial charge in [0.1, 0.15) is 6.61 Å². The molecule has 2 unspecified atom stereocenters. The van der Waals surface area contributed by atoms with E-state index in [1.807, 2.05) is 0 Å². The molecule has 0 aliphatic heterocycles. The summed E-state index contributed by atoms with van der Waals surface area (Å²) in [5.74, 6) is 0. The van der Waals surface area contributed by atoms with Gasteiger partial charge in [-0.15, -0.1) is 0 Å². The SMILES string of the molecule is CC(N)C1=CCC(OCC(F)(F)F)C(Cl)=C1. The van der Waals surface area contributed by atoms with Crippen molar-refractivity contribution in [1.82, 2.24) is 0 Å². The van der Waals surface area contributed by atoms with Crippen LogP contribution in [0.5, 0.6) is 0 Å². The van der Waals surface area contributed by atoms with Crippen LogP contribution in [0.15, 0.2) is 22.8 Å². The second-order valence-electron chi connectivity index (χ2n) is 3.67. The highest BCUT2D eigenvalue weighted by Gasteiger charge is 2.30. The van der Waals surface area contributed by atoms with Gasteiger partial charge in [-0.1, -0.05) is 17.7 Å². The first-order valence-corrected chi connectivity index (χ1v) is 5.18. The quantitative estimate of drug-likeness (QED) is 0.842. The van der Waals surface area contributed by atoms with Gasteiger partial charge in [-0.25, -0.2) is 0 Å². The van der Waals surface area contributed by atoms with Gasteiger partial charge >= 0.3 is 6.18 Å². The maximum absolute atomic E-state index is 11.9. The first kappa shape index (κ1) is 13.5. The zero-order valence-electron chi connectivity index (χ0n) is 8.72. The number of nitrogens with two attached hydrogens (primary N) is 1. The third kappa shape index (κ3) is 4.15. The Labute approximate surface area is 96.9 Å². The molecule has 0 amide bonds. The molecule has 2 nitrogen and oxygen atoms in total. The molecule has 0 saturated heterocycles. The van der Waals surface area contributed by atoms with Crippen LogP contribution in [0.3, 0.4) is 0 Å². The molecule has 0 saturated carbocycles. The standard InChI is InChI=1S/C10H13ClF3NO/c1-6(15)7-2-3-9(8(11)4-7)16-5-10(12,13)14/h2,4,6,9H,3,5,15H2,1H3. The lowest BCUT2D eigenvalue weighted by Crippen LogP contribution is -2.26. The Kier molecular flexibility index (Phi) is 4.41. The Morgan fingerprint density at radius 2 is 2.25 bits per heavy atom. The molecule has 2 N–H and O–H groups in total.